The van der Waals surface area contributed by atoms with Gasteiger partial charge in [-0.1, -0.05) is 60.7 Å². The number of likely N-dealkylation sites (tertiary alicyclic amines) is 1. The summed E-state index contributed by atoms with van der Waals surface area (Å²) in [5.41, 5.74) is 5.10. The van der Waals surface area contributed by atoms with Crippen LogP contribution in [0.4, 0.5) is 0 Å². The summed E-state index contributed by atoms with van der Waals surface area (Å²) < 4.78 is 6.14. The largest absolute Gasteiger partial charge is 0.508 e. The molecule has 1 aliphatic heterocycles. The third-order valence-electron chi connectivity index (χ3n) is 10.4. The number of pyridine rings is 1. The minimum absolute atomic E-state index is 0.0230. The molecule has 1 unspecified atom stereocenters. The van der Waals surface area contributed by atoms with Crippen molar-refractivity contribution in [3.05, 3.63) is 135 Å². The van der Waals surface area contributed by atoms with Gasteiger partial charge in [-0.25, -0.2) is 0 Å². The molecule has 7 rings (SSSR count). The predicted octanol–water partition coefficient (Wildman–Crippen LogP) is 5.97. The Morgan fingerprint density at radius 2 is 1.59 bits per heavy atom. The minimum atomic E-state index is -0.793. The van der Waals surface area contributed by atoms with Gasteiger partial charge in [0.25, 0.3) is 0 Å². The number of aromatic hydroxyl groups is 2. The molecule has 8 heteroatoms. The average molecular weight is 660 g/mol. The summed E-state index contributed by atoms with van der Waals surface area (Å²) in [6, 6.07) is 31.8. The maximum Gasteiger partial charge on any atom is 0.248 e. The topological polar surface area (TPSA) is 118 Å². The summed E-state index contributed by atoms with van der Waals surface area (Å²) in [6.07, 6.45) is 5.37. The number of nitrogens with one attached hydrogen (secondary N) is 2. The van der Waals surface area contributed by atoms with Gasteiger partial charge in [-0.15, -0.1) is 0 Å². The van der Waals surface area contributed by atoms with E-state index in [1.807, 2.05) is 24.3 Å². The van der Waals surface area contributed by atoms with Gasteiger partial charge in [0.2, 0.25) is 5.56 Å². The molecule has 0 radical (unpaired) electrons. The Labute approximate surface area is 287 Å². The summed E-state index contributed by atoms with van der Waals surface area (Å²) in [5.74, 6) is 1.17. The van der Waals surface area contributed by atoms with E-state index in [-0.39, 0.29) is 16.7 Å². The zero-order valence-electron chi connectivity index (χ0n) is 27.8. The van der Waals surface area contributed by atoms with E-state index in [0.717, 1.165) is 67.3 Å². The summed E-state index contributed by atoms with van der Waals surface area (Å²) in [6.45, 7) is 3.67. The number of fused-ring (bicyclic) bond motifs is 1. The van der Waals surface area contributed by atoms with Crippen LogP contribution in [0.15, 0.2) is 102 Å². The highest BCUT2D eigenvalue weighted by molar-refractivity contribution is 5.87. The first-order valence-electron chi connectivity index (χ1n) is 17.5. The number of hydrogen-bond acceptors (Lipinski definition) is 7. The van der Waals surface area contributed by atoms with Gasteiger partial charge in [0.15, 0.2) is 0 Å². The van der Waals surface area contributed by atoms with Gasteiger partial charge in [-0.2, -0.15) is 0 Å². The van der Waals surface area contributed by atoms with Crippen molar-refractivity contribution < 1.29 is 20.1 Å². The molecule has 1 aliphatic carbocycles. The third kappa shape index (κ3) is 7.37. The SMILES string of the molecule is O=c1ccc2c(C(O)CNCCc3ccc(OCCc4ccc(O)c(C5(c6ccccc6)CCN(C6CC6)CC5)c4)cc3)ccc(O)c2[nH]1. The normalized spacial score (nSPS) is 16.8. The standard InChI is InChI=1S/C41H45N3O5/c45-36-15-8-29(26-35(36)41(30-4-2-1-3-5-30)20-23-44(24-21-41)31-9-10-31)19-25-49-32-11-6-28(7-12-32)18-22-42-27-38(47)33-13-16-37(46)40-34(33)14-17-39(48)43-40/h1-8,11-17,26,31,38,42,45-47H,9-10,18-25,27H2,(H,43,48). The number of ether oxygens (including phenoxy) is 1. The molecule has 0 bridgehead atoms. The van der Waals surface area contributed by atoms with Crippen LogP contribution in [-0.4, -0.2) is 64.0 Å². The van der Waals surface area contributed by atoms with E-state index in [9.17, 15) is 20.1 Å². The highest BCUT2D eigenvalue weighted by Gasteiger charge is 2.42. The molecule has 1 aromatic heterocycles. The Hall–Kier alpha value is -4.63. The average Bonchev–Trinajstić information content (AvgIpc) is 3.98. The van der Waals surface area contributed by atoms with Crippen molar-refractivity contribution in [2.75, 3.05) is 32.8 Å². The Morgan fingerprint density at radius 3 is 2.35 bits per heavy atom. The van der Waals surface area contributed by atoms with Crippen molar-refractivity contribution in [1.82, 2.24) is 15.2 Å². The molecule has 2 heterocycles. The van der Waals surface area contributed by atoms with Crippen LogP contribution >= 0.6 is 0 Å². The van der Waals surface area contributed by atoms with Gasteiger partial charge >= 0.3 is 0 Å². The molecule has 1 saturated heterocycles. The molecular weight excluding hydrogens is 614 g/mol. The number of H-pyrrole nitrogens is 1. The van der Waals surface area contributed by atoms with Gasteiger partial charge < -0.3 is 35.3 Å². The number of aromatic nitrogens is 1. The Bertz CT molecular complexity index is 1930. The van der Waals surface area contributed by atoms with Crippen LogP contribution in [0.25, 0.3) is 10.9 Å². The lowest BCUT2D eigenvalue weighted by Crippen LogP contribution is -2.44. The van der Waals surface area contributed by atoms with Crippen LogP contribution in [0.5, 0.6) is 17.2 Å². The highest BCUT2D eigenvalue weighted by atomic mass is 16.5. The number of benzene rings is 4. The fraction of sp³-hybridized carbons (Fsp3) is 0.341. The second-order valence-corrected chi connectivity index (χ2v) is 13.6. The zero-order chi connectivity index (χ0) is 33.8. The lowest BCUT2D eigenvalue weighted by atomic mass is 9.67. The number of hydrogen-bond donors (Lipinski definition) is 5. The van der Waals surface area contributed by atoms with Crippen LogP contribution in [-0.2, 0) is 18.3 Å². The number of aromatic amines is 1. The molecule has 8 nitrogen and oxygen atoms in total. The predicted molar refractivity (Wildman–Crippen MR) is 193 cm³/mol. The molecule has 5 N–H and O–H groups in total. The van der Waals surface area contributed by atoms with E-state index in [2.05, 4.69) is 63.7 Å². The van der Waals surface area contributed by atoms with Gasteiger partial charge in [0.05, 0.1) is 18.2 Å². The van der Waals surface area contributed by atoms with Crippen LogP contribution in [0.3, 0.4) is 0 Å². The molecular formula is C41H45N3O5. The monoisotopic (exact) mass is 659 g/mol. The fourth-order valence-corrected chi connectivity index (χ4v) is 7.47. The third-order valence-corrected chi connectivity index (χ3v) is 10.4. The number of aliphatic hydroxyl groups excluding tert-OH is 1. The van der Waals surface area contributed by atoms with Gasteiger partial charge in [0, 0.05) is 41.4 Å². The number of nitrogens with zero attached hydrogens (tertiary/aromatic N) is 1. The van der Waals surface area contributed by atoms with Gasteiger partial charge in [0.1, 0.15) is 17.2 Å². The van der Waals surface area contributed by atoms with Crippen molar-refractivity contribution in [1.29, 1.82) is 0 Å². The highest BCUT2D eigenvalue weighted by Crippen LogP contribution is 2.47. The second-order valence-electron chi connectivity index (χ2n) is 13.6. The first-order chi connectivity index (χ1) is 23.9. The van der Waals surface area contributed by atoms with E-state index in [4.69, 9.17) is 4.74 Å². The van der Waals surface area contributed by atoms with Crippen molar-refractivity contribution in [2.24, 2.45) is 0 Å². The van der Waals surface area contributed by atoms with Gasteiger partial charge in [-0.3, -0.25) is 4.79 Å². The maximum absolute atomic E-state index is 11.7. The van der Waals surface area contributed by atoms with E-state index in [0.29, 0.717) is 41.9 Å². The summed E-state index contributed by atoms with van der Waals surface area (Å²) in [5, 5.41) is 36.0. The Kier molecular flexibility index (Phi) is 9.71. The molecule has 49 heavy (non-hydrogen) atoms. The van der Waals surface area contributed by atoms with Crippen LogP contribution < -0.4 is 15.6 Å². The molecule has 1 atom stereocenters. The van der Waals surface area contributed by atoms with Crippen LogP contribution in [0.2, 0.25) is 0 Å². The quantitative estimate of drug-likeness (QED) is 0.0989. The maximum atomic E-state index is 11.7. The Morgan fingerprint density at radius 1 is 0.857 bits per heavy atom. The van der Waals surface area contributed by atoms with E-state index in [1.54, 1.807) is 12.1 Å². The number of phenolic OH excluding ortho intramolecular Hbond substituents is 2. The van der Waals surface area contributed by atoms with Crippen molar-refractivity contribution in [2.45, 2.75) is 56.1 Å². The molecule has 5 aromatic rings. The molecule has 4 aromatic carbocycles. The molecule has 0 amide bonds. The smallest absolute Gasteiger partial charge is 0.248 e. The van der Waals surface area contributed by atoms with Gasteiger partial charge in [-0.05, 0) is 104 Å². The molecule has 2 fully saturated rings. The molecule has 0 spiro atoms. The van der Waals surface area contributed by atoms with Crippen molar-refractivity contribution >= 4 is 10.9 Å². The lowest BCUT2D eigenvalue weighted by Gasteiger charge is -2.43. The van der Waals surface area contributed by atoms with Crippen LogP contribution in [0, 0.1) is 0 Å². The summed E-state index contributed by atoms with van der Waals surface area (Å²) >= 11 is 0. The molecule has 254 valence electrons. The van der Waals surface area contributed by atoms with Crippen LogP contribution in [0.1, 0.15) is 59.6 Å². The summed E-state index contributed by atoms with van der Waals surface area (Å²) in [4.78, 5) is 17.0. The fourth-order valence-electron chi connectivity index (χ4n) is 7.47. The first kappa shape index (κ1) is 32.9. The van der Waals surface area contributed by atoms with E-state index < -0.39 is 6.10 Å². The molecule has 1 saturated carbocycles. The summed E-state index contributed by atoms with van der Waals surface area (Å²) in [7, 11) is 0. The second kappa shape index (κ2) is 14.5. The number of piperidine rings is 1. The van der Waals surface area contributed by atoms with Crippen molar-refractivity contribution in [3.8, 4) is 17.2 Å². The Balaban J connectivity index is 0.914. The van der Waals surface area contributed by atoms with E-state index in [1.165, 1.54) is 30.5 Å². The lowest BCUT2D eigenvalue weighted by molar-refractivity contribution is 0.169. The minimum Gasteiger partial charge on any atom is -0.508 e. The molecule has 2 aliphatic rings. The zero-order valence-corrected chi connectivity index (χ0v) is 27.8. The van der Waals surface area contributed by atoms with E-state index >= 15 is 0 Å². The number of phenols is 2. The first-order valence-corrected chi connectivity index (χ1v) is 17.5. The number of aliphatic hydroxyl groups is 1. The van der Waals surface area contributed by atoms with Crippen molar-refractivity contribution in [3.63, 3.8) is 0 Å². The number of rotatable bonds is 13.